The Morgan fingerprint density at radius 2 is 1.57 bits per heavy atom. The van der Waals surface area contributed by atoms with Crippen LogP contribution in [0.15, 0.2) is 84.9 Å². The van der Waals surface area contributed by atoms with Crippen LogP contribution in [-0.2, 0) is 17.5 Å². The van der Waals surface area contributed by atoms with E-state index in [1.807, 2.05) is 47.0 Å². The molecule has 0 unspecified atom stereocenters. The molecular formula is C28H20F3NO3. The molecule has 1 aromatic heterocycles. The van der Waals surface area contributed by atoms with E-state index in [0.717, 1.165) is 23.2 Å². The van der Waals surface area contributed by atoms with Crippen molar-refractivity contribution in [3.8, 4) is 16.9 Å². The van der Waals surface area contributed by atoms with Gasteiger partial charge >= 0.3 is 12.1 Å². The molecule has 0 aliphatic carbocycles. The van der Waals surface area contributed by atoms with Crippen LogP contribution in [0.4, 0.5) is 13.2 Å². The quantitative estimate of drug-likeness (QED) is 0.284. The van der Waals surface area contributed by atoms with Crippen LogP contribution >= 0.6 is 0 Å². The Balaban J connectivity index is 1.78. The van der Waals surface area contributed by atoms with E-state index in [0.29, 0.717) is 39.5 Å². The Labute approximate surface area is 198 Å². The number of methoxy groups -OCH3 is 1. The highest BCUT2D eigenvalue weighted by Crippen LogP contribution is 2.41. The zero-order valence-electron chi connectivity index (χ0n) is 18.6. The molecule has 176 valence electrons. The second-order valence-electron chi connectivity index (χ2n) is 8.23. The molecule has 0 aliphatic heterocycles. The molecule has 35 heavy (non-hydrogen) atoms. The third kappa shape index (κ3) is 3.99. The van der Waals surface area contributed by atoms with Crippen LogP contribution in [0.3, 0.4) is 0 Å². The van der Waals surface area contributed by atoms with Crippen LogP contribution < -0.4 is 0 Å². The number of carbonyl (C=O) groups excluding carboxylic acids is 1. The van der Waals surface area contributed by atoms with Crippen molar-refractivity contribution in [1.29, 1.82) is 0 Å². The number of phenolic OH excluding ortho intramolecular Hbond substituents is 1. The molecule has 0 saturated carbocycles. The van der Waals surface area contributed by atoms with E-state index in [2.05, 4.69) is 0 Å². The number of aromatic nitrogens is 1. The van der Waals surface area contributed by atoms with Crippen molar-refractivity contribution < 1.29 is 27.8 Å². The van der Waals surface area contributed by atoms with E-state index < -0.39 is 17.7 Å². The Morgan fingerprint density at radius 3 is 2.23 bits per heavy atom. The summed E-state index contributed by atoms with van der Waals surface area (Å²) in [6.07, 6.45) is -4.43. The number of alkyl halides is 3. The van der Waals surface area contributed by atoms with Gasteiger partial charge in [-0.15, -0.1) is 0 Å². The molecule has 7 heteroatoms. The average molecular weight is 475 g/mol. The number of hydrogen-bond donors (Lipinski definition) is 1. The molecular weight excluding hydrogens is 455 g/mol. The Morgan fingerprint density at radius 1 is 0.857 bits per heavy atom. The van der Waals surface area contributed by atoms with E-state index in [1.54, 1.807) is 12.1 Å². The summed E-state index contributed by atoms with van der Waals surface area (Å²) in [6, 6.07) is 23.1. The predicted octanol–water partition coefficient (Wildman–Crippen LogP) is 7.02. The van der Waals surface area contributed by atoms with Crippen LogP contribution in [0.5, 0.6) is 5.75 Å². The lowest BCUT2D eigenvalue weighted by molar-refractivity contribution is -0.137. The zero-order chi connectivity index (χ0) is 24.7. The summed E-state index contributed by atoms with van der Waals surface area (Å²) in [5.41, 5.74) is 3.04. The molecule has 0 amide bonds. The van der Waals surface area contributed by atoms with Gasteiger partial charge in [0, 0.05) is 11.9 Å². The van der Waals surface area contributed by atoms with Crippen LogP contribution in [-0.4, -0.2) is 22.8 Å². The Kier molecular flexibility index (Phi) is 5.47. The monoisotopic (exact) mass is 475 g/mol. The summed E-state index contributed by atoms with van der Waals surface area (Å²) in [5.74, 6) is -0.605. The van der Waals surface area contributed by atoms with Gasteiger partial charge in [0.2, 0.25) is 0 Å². The number of hydrogen-bond acceptors (Lipinski definition) is 3. The molecule has 0 fully saturated rings. The maximum atomic E-state index is 13.0. The summed E-state index contributed by atoms with van der Waals surface area (Å²) in [6.45, 7) is 0.460. The fraction of sp³-hybridized carbons (Fsp3) is 0.107. The molecule has 1 heterocycles. The maximum absolute atomic E-state index is 13.0. The minimum Gasteiger partial charge on any atom is -0.507 e. The highest BCUT2D eigenvalue weighted by atomic mass is 19.4. The van der Waals surface area contributed by atoms with Gasteiger partial charge in [-0.3, -0.25) is 0 Å². The largest absolute Gasteiger partial charge is 0.507 e. The summed E-state index contributed by atoms with van der Waals surface area (Å²) >= 11 is 0. The first kappa shape index (κ1) is 22.5. The van der Waals surface area contributed by atoms with Gasteiger partial charge in [0.05, 0.1) is 34.7 Å². The molecule has 0 bridgehead atoms. The van der Waals surface area contributed by atoms with Crippen molar-refractivity contribution in [2.75, 3.05) is 7.11 Å². The van der Waals surface area contributed by atoms with Gasteiger partial charge < -0.3 is 14.4 Å². The van der Waals surface area contributed by atoms with Gasteiger partial charge in [-0.2, -0.15) is 13.2 Å². The number of fused-ring (bicyclic) bond motifs is 3. The topological polar surface area (TPSA) is 51.5 Å². The molecule has 5 rings (SSSR count). The summed E-state index contributed by atoms with van der Waals surface area (Å²) in [5, 5.41) is 12.1. The highest BCUT2D eigenvalue weighted by molar-refractivity contribution is 6.19. The molecule has 1 N–H and O–H groups in total. The second-order valence-corrected chi connectivity index (χ2v) is 8.23. The van der Waals surface area contributed by atoms with Gasteiger partial charge in [0.1, 0.15) is 5.75 Å². The lowest BCUT2D eigenvalue weighted by atomic mass is 10.00. The summed E-state index contributed by atoms with van der Waals surface area (Å²) < 4.78 is 46.0. The number of rotatable bonds is 4. The molecule has 4 nitrogen and oxygen atoms in total. The normalized spacial score (nSPS) is 11.8. The molecule has 0 radical (unpaired) electrons. The van der Waals surface area contributed by atoms with Crippen molar-refractivity contribution >= 4 is 27.8 Å². The predicted molar refractivity (Wildman–Crippen MR) is 128 cm³/mol. The zero-order valence-corrected chi connectivity index (χ0v) is 18.6. The van der Waals surface area contributed by atoms with Crippen LogP contribution in [0.25, 0.3) is 32.9 Å². The number of nitrogens with zero attached hydrogens (tertiary/aromatic N) is 1. The van der Waals surface area contributed by atoms with E-state index in [-0.39, 0.29) is 5.75 Å². The first-order valence-electron chi connectivity index (χ1n) is 10.9. The minimum atomic E-state index is -4.43. The van der Waals surface area contributed by atoms with Crippen LogP contribution in [0.2, 0.25) is 0 Å². The van der Waals surface area contributed by atoms with Crippen molar-refractivity contribution in [2.24, 2.45) is 0 Å². The summed E-state index contributed by atoms with van der Waals surface area (Å²) in [7, 11) is 1.30. The number of ether oxygens (including phenoxy) is 1. The number of phenols is 1. The minimum absolute atomic E-state index is 0.0782. The lowest BCUT2D eigenvalue weighted by Gasteiger charge is -2.11. The number of aromatic hydroxyl groups is 1. The van der Waals surface area contributed by atoms with E-state index in [1.165, 1.54) is 25.3 Å². The molecule has 0 saturated heterocycles. The molecule has 0 spiro atoms. The second kappa shape index (κ2) is 8.51. The number of benzene rings is 4. The maximum Gasteiger partial charge on any atom is 0.416 e. The van der Waals surface area contributed by atoms with Gasteiger partial charge in [-0.1, -0.05) is 48.5 Å². The molecule has 5 aromatic rings. The highest BCUT2D eigenvalue weighted by Gasteiger charge is 2.30. The molecule has 0 aliphatic rings. The standard InChI is InChI=1S/C28H20F3NO3/c1-35-27(34)21-8-5-9-22-25(21)26-23(32(22)16-17-6-3-2-4-7-17)14-19(15-24(26)33)18-10-12-20(13-11-18)28(29,30)31/h2-15,33H,16H2,1H3. The fourth-order valence-electron chi connectivity index (χ4n) is 4.47. The first-order valence-corrected chi connectivity index (χ1v) is 10.9. The van der Waals surface area contributed by atoms with Gasteiger partial charge in [-0.05, 0) is 53.1 Å². The van der Waals surface area contributed by atoms with E-state index in [9.17, 15) is 23.1 Å². The van der Waals surface area contributed by atoms with Crippen molar-refractivity contribution in [2.45, 2.75) is 12.7 Å². The van der Waals surface area contributed by atoms with Crippen molar-refractivity contribution in [3.63, 3.8) is 0 Å². The molecule has 0 atom stereocenters. The van der Waals surface area contributed by atoms with Gasteiger partial charge in [0.25, 0.3) is 0 Å². The van der Waals surface area contributed by atoms with Crippen LogP contribution in [0.1, 0.15) is 21.5 Å². The van der Waals surface area contributed by atoms with E-state index in [4.69, 9.17) is 4.74 Å². The van der Waals surface area contributed by atoms with Crippen molar-refractivity contribution in [1.82, 2.24) is 4.57 Å². The van der Waals surface area contributed by atoms with E-state index >= 15 is 0 Å². The smallest absolute Gasteiger partial charge is 0.416 e. The van der Waals surface area contributed by atoms with Gasteiger partial charge in [0.15, 0.2) is 0 Å². The third-order valence-electron chi connectivity index (χ3n) is 6.11. The number of carbonyl (C=O) groups is 1. The molecule has 4 aromatic carbocycles. The number of halogens is 3. The third-order valence-corrected chi connectivity index (χ3v) is 6.11. The average Bonchev–Trinajstić information content (AvgIpc) is 3.17. The fourth-order valence-corrected chi connectivity index (χ4v) is 4.47. The lowest BCUT2D eigenvalue weighted by Crippen LogP contribution is -2.04. The Bertz CT molecular complexity index is 1550. The first-order chi connectivity index (χ1) is 16.8. The van der Waals surface area contributed by atoms with Gasteiger partial charge in [-0.25, -0.2) is 4.79 Å². The Hall–Kier alpha value is -4.26. The number of esters is 1. The van der Waals surface area contributed by atoms with Crippen LogP contribution in [0, 0.1) is 0 Å². The SMILES string of the molecule is COC(=O)c1cccc2c1c1c(O)cc(-c3ccc(C(F)(F)F)cc3)cc1n2Cc1ccccc1. The van der Waals surface area contributed by atoms with Crippen molar-refractivity contribution in [3.05, 3.63) is 102 Å². The summed E-state index contributed by atoms with van der Waals surface area (Å²) in [4.78, 5) is 12.5.